The summed E-state index contributed by atoms with van der Waals surface area (Å²) in [4.78, 5) is 0. The fraction of sp³-hybridized carbons (Fsp3) is 0.333. The Labute approximate surface area is 94.7 Å². The Hall–Kier alpha value is -1.51. The van der Waals surface area contributed by atoms with Crippen LogP contribution in [0.15, 0.2) is 12.1 Å². The van der Waals surface area contributed by atoms with Crippen LogP contribution in [0.25, 0.3) is 0 Å². The van der Waals surface area contributed by atoms with Crippen molar-refractivity contribution < 1.29 is 0 Å². The van der Waals surface area contributed by atoms with Crippen LogP contribution in [0, 0.1) is 22.7 Å². The molecule has 0 aliphatic heterocycles. The van der Waals surface area contributed by atoms with Crippen molar-refractivity contribution in [2.24, 2.45) is 0 Å². The van der Waals surface area contributed by atoms with Crippen molar-refractivity contribution >= 4 is 11.6 Å². The van der Waals surface area contributed by atoms with Crippen LogP contribution in [-0.4, -0.2) is 0 Å². The third-order valence-corrected chi connectivity index (χ3v) is 2.51. The Kier molecular flexibility index (Phi) is 4.16. The van der Waals surface area contributed by atoms with Crippen molar-refractivity contribution in [1.82, 2.24) is 0 Å². The van der Waals surface area contributed by atoms with Crippen molar-refractivity contribution in [3.63, 3.8) is 0 Å². The van der Waals surface area contributed by atoms with Gasteiger partial charge in [-0.3, -0.25) is 0 Å². The quantitative estimate of drug-likeness (QED) is 0.782. The van der Waals surface area contributed by atoms with Gasteiger partial charge in [0.1, 0.15) is 6.07 Å². The zero-order valence-electron chi connectivity index (χ0n) is 8.55. The molecule has 0 fully saturated rings. The Morgan fingerprint density at radius 1 is 1.27 bits per heavy atom. The van der Waals surface area contributed by atoms with Crippen LogP contribution < -0.4 is 0 Å². The van der Waals surface area contributed by atoms with Crippen LogP contribution >= 0.6 is 11.6 Å². The molecule has 0 saturated carbocycles. The van der Waals surface area contributed by atoms with E-state index in [-0.39, 0.29) is 0 Å². The molecule has 1 aromatic carbocycles. The fourth-order valence-electron chi connectivity index (χ4n) is 1.50. The maximum absolute atomic E-state index is 8.81. The smallest absolute Gasteiger partial charge is 0.101 e. The summed E-state index contributed by atoms with van der Waals surface area (Å²) in [5.74, 6) is 0. The second kappa shape index (κ2) is 5.39. The van der Waals surface area contributed by atoms with E-state index in [2.05, 4.69) is 13.0 Å². The molecule has 0 aliphatic rings. The molecule has 2 nitrogen and oxygen atoms in total. The topological polar surface area (TPSA) is 47.6 Å². The molecule has 0 amide bonds. The molecule has 0 radical (unpaired) electrons. The van der Waals surface area contributed by atoms with Crippen LogP contribution in [0.5, 0.6) is 0 Å². The van der Waals surface area contributed by atoms with Crippen molar-refractivity contribution in [3.05, 3.63) is 33.8 Å². The van der Waals surface area contributed by atoms with Gasteiger partial charge in [-0.2, -0.15) is 10.5 Å². The summed E-state index contributed by atoms with van der Waals surface area (Å²) in [7, 11) is 0. The molecule has 0 N–H and O–H groups in total. The first-order chi connectivity index (χ1) is 7.22. The van der Waals surface area contributed by atoms with Gasteiger partial charge in [0, 0.05) is 0 Å². The average molecular weight is 219 g/mol. The van der Waals surface area contributed by atoms with Crippen molar-refractivity contribution in [1.29, 1.82) is 10.5 Å². The summed E-state index contributed by atoms with van der Waals surface area (Å²) >= 11 is 5.93. The first kappa shape index (κ1) is 11.6. The second-order valence-electron chi connectivity index (χ2n) is 3.30. The number of rotatable bonds is 3. The molecule has 3 heteroatoms. The molecule has 0 aromatic heterocycles. The van der Waals surface area contributed by atoms with E-state index < -0.39 is 0 Å². The normalized spacial score (nSPS) is 9.33. The largest absolute Gasteiger partial charge is 0.198 e. The van der Waals surface area contributed by atoms with E-state index in [0.717, 1.165) is 24.0 Å². The molecule has 0 aliphatic carbocycles. The van der Waals surface area contributed by atoms with Gasteiger partial charge >= 0.3 is 0 Å². The van der Waals surface area contributed by atoms with Crippen LogP contribution in [0.3, 0.4) is 0 Å². The monoisotopic (exact) mass is 218 g/mol. The average Bonchev–Trinajstić information content (AvgIpc) is 2.22. The molecule has 0 saturated heterocycles. The predicted octanol–water partition coefficient (Wildman–Crippen LogP) is 3.23. The highest BCUT2D eigenvalue weighted by molar-refractivity contribution is 6.31. The highest BCUT2D eigenvalue weighted by Gasteiger charge is 2.07. The Balaban J connectivity index is 3.21. The molecule has 1 aromatic rings. The van der Waals surface area contributed by atoms with E-state index in [4.69, 9.17) is 22.1 Å². The molecule has 15 heavy (non-hydrogen) atoms. The van der Waals surface area contributed by atoms with Gasteiger partial charge in [-0.15, -0.1) is 0 Å². The first-order valence-electron chi connectivity index (χ1n) is 4.81. The Morgan fingerprint density at radius 2 is 2.00 bits per heavy atom. The van der Waals surface area contributed by atoms with Crippen molar-refractivity contribution in [3.8, 4) is 12.1 Å². The fourth-order valence-corrected chi connectivity index (χ4v) is 1.73. The molecule has 0 atom stereocenters. The Morgan fingerprint density at radius 3 is 2.53 bits per heavy atom. The number of nitriles is 2. The maximum atomic E-state index is 8.81. The highest BCUT2D eigenvalue weighted by Crippen LogP contribution is 2.22. The predicted molar refractivity (Wildman–Crippen MR) is 59.5 cm³/mol. The number of halogens is 1. The number of hydrogen-bond acceptors (Lipinski definition) is 2. The van der Waals surface area contributed by atoms with Gasteiger partial charge in [-0.1, -0.05) is 24.9 Å². The lowest BCUT2D eigenvalue weighted by molar-refractivity contribution is 0.907. The molecule has 76 valence electrons. The maximum Gasteiger partial charge on any atom is 0.101 e. The molecule has 0 heterocycles. The summed E-state index contributed by atoms with van der Waals surface area (Å²) in [6.45, 7) is 2.07. The van der Waals surface area contributed by atoms with E-state index in [9.17, 15) is 0 Å². The minimum Gasteiger partial charge on any atom is -0.198 e. The van der Waals surface area contributed by atoms with E-state index in [1.54, 1.807) is 12.1 Å². The van der Waals surface area contributed by atoms with Gasteiger partial charge in [0.2, 0.25) is 0 Å². The lowest BCUT2D eigenvalue weighted by Gasteiger charge is -2.07. The van der Waals surface area contributed by atoms with Gasteiger partial charge in [-0.25, -0.2) is 0 Å². The first-order valence-corrected chi connectivity index (χ1v) is 5.19. The van der Waals surface area contributed by atoms with Gasteiger partial charge in [0.15, 0.2) is 0 Å². The number of nitrogens with zero attached hydrogens (tertiary/aromatic N) is 2. The summed E-state index contributed by atoms with van der Waals surface area (Å²) in [5.41, 5.74) is 2.44. The standard InChI is InChI=1S/C12H11ClN2/c1-2-3-9-7-12(13)11(8-15)6-10(9)4-5-14/h6-7H,2-4H2,1H3. The number of hydrogen-bond donors (Lipinski definition) is 0. The van der Waals surface area contributed by atoms with Crippen molar-refractivity contribution in [2.75, 3.05) is 0 Å². The summed E-state index contributed by atoms with van der Waals surface area (Å²) < 4.78 is 0. The molecular formula is C12H11ClN2. The molecule has 0 spiro atoms. The van der Waals surface area contributed by atoms with Gasteiger partial charge in [0.05, 0.1) is 23.1 Å². The zero-order chi connectivity index (χ0) is 11.3. The zero-order valence-corrected chi connectivity index (χ0v) is 9.30. The van der Waals surface area contributed by atoms with Gasteiger partial charge < -0.3 is 0 Å². The minimum absolute atomic E-state index is 0.335. The van der Waals surface area contributed by atoms with E-state index in [1.807, 2.05) is 6.07 Å². The SMILES string of the molecule is CCCc1cc(Cl)c(C#N)cc1CC#N. The van der Waals surface area contributed by atoms with Crippen LogP contribution in [0.2, 0.25) is 5.02 Å². The van der Waals surface area contributed by atoms with E-state index in [1.165, 1.54) is 0 Å². The number of aryl methyl sites for hydroxylation is 1. The highest BCUT2D eigenvalue weighted by atomic mass is 35.5. The summed E-state index contributed by atoms with van der Waals surface area (Å²) in [6.07, 6.45) is 2.23. The third kappa shape index (κ3) is 2.72. The number of benzene rings is 1. The lowest BCUT2D eigenvalue weighted by atomic mass is 9.99. The van der Waals surface area contributed by atoms with E-state index in [0.29, 0.717) is 17.0 Å². The molecule has 1 rings (SSSR count). The van der Waals surface area contributed by atoms with Gasteiger partial charge in [-0.05, 0) is 29.7 Å². The van der Waals surface area contributed by atoms with E-state index >= 15 is 0 Å². The minimum atomic E-state index is 0.335. The molecular weight excluding hydrogens is 208 g/mol. The van der Waals surface area contributed by atoms with Crippen molar-refractivity contribution in [2.45, 2.75) is 26.2 Å². The molecule has 0 bridgehead atoms. The van der Waals surface area contributed by atoms with Crippen LogP contribution in [0.1, 0.15) is 30.0 Å². The molecule has 0 unspecified atom stereocenters. The lowest BCUT2D eigenvalue weighted by Crippen LogP contribution is -1.95. The van der Waals surface area contributed by atoms with Crippen LogP contribution in [0.4, 0.5) is 0 Å². The van der Waals surface area contributed by atoms with Gasteiger partial charge in [0.25, 0.3) is 0 Å². The van der Waals surface area contributed by atoms with Crippen LogP contribution in [-0.2, 0) is 12.8 Å². The Bertz CT molecular complexity index is 438. The summed E-state index contributed by atoms with van der Waals surface area (Å²) in [5, 5.41) is 18.0. The third-order valence-electron chi connectivity index (χ3n) is 2.20. The summed E-state index contributed by atoms with van der Waals surface area (Å²) in [6, 6.07) is 7.64. The second-order valence-corrected chi connectivity index (χ2v) is 3.70.